The largest absolute Gasteiger partial charge is 0.344 e. The normalized spacial score (nSPS) is 11.7. The minimum atomic E-state index is -3.70. The molecule has 1 heterocycles. The molecule has 2 rings (SSSR count). The fraction of sp³-hybridized carbons (Fsp3) is 0.333. The molecule has 0 bridgehead atoms. The minimum Gasteiger partial charge on any atom is -0.266 e. The van der Waals surface area contributed by atoms with Gasteiger partial charge in [0.05, 0.1) is 5.75 Å². The SMILES string of the molecule is CCCn1c(S(=O)(=O)Cc2cccc(Cl)c2)n[nH]c1=O. The molecule has 0 aliphatic heterocycles. The van der Waals surface area contributed by atoms with Crippen molar-refractivity contribution in [1.29, 1.82) is 0 Å². The third-order valence-corrected chi connectivity index (χ3v) is 4.51. The monoisotopic (exact) mass is 315 g/mol. The van der Waals surface area contributed by atoms with Crippen LogP contribution in [0.4, 0.5) is 0 Å². The summed E-state index contributed by atoms with van der Waals surface area (Å²) in [4.78, 5) is 11.5. The van der Waals surface area contributed by atoms with Crippen molar-refractivity contribution in [3.8, 4) is 0 Å². The summed E-state index contributed by atoms with van der Waals surface area (Å²) in [7, 11) is -3.70. The second-order valence-electron chi connectivity index (χ2n) is 4.35. The standard InChI is InChI=1S/C12H14ClN3O3S/c1-2-6-16-11(17)14-15-12(16)20(18,19)8-9-4-3-5-10(13)7-9/h3-5,7H,2,6,8H2,1H3,(H,14,17). The van der Waals surface area contributed by atoms with Crippen molar-refractivity contribution in [3.63, 3.8) is 0 Å². The molecule has 0 amide bonds. The van der Waals surface area contributed by atoms with Gasteiger partial charge < -0.3 is 0 Å². The quantitative estimate of drug-likeness (QED) is 0.908. The van der Waals surface area contributed by atoms with E-state index in [4.69, 9.17) is 11.6 Å². The Morgan fingerprint density at radius 3 is 2.80 bits per heavy atom. The number of aromatic nitrogens is 3. The Kier molecular flexibility index (Phi) is 4.29. The highest BCUT2D eigenvalue weighted by Crippen LogP contribution is 2.17. The first-order valence-corrected chi connectivity index (χ1v) is 8.09. The van der Waals surface area contributed by atoms with Crippen LogP contribution in [0.3, 0.4) is 0 Å². The van der Waals surface area contributed by atoms with Gasteiger partial charge in [-0.3, -0.25) is 4.57 Å². The lowest BCUT2D eigenvalue weighted by Crippen LogP contribution is -2.21. The molecule has 0 aliphatic carbocycles. The Bertz CT molecular complexity index is 764. The summed E-state index contributed by atoms with van der Waals surface area (Å²) < 4.78 is 25.8. The van der Waals surface area contributed by atoms with Gasteiger partial charge >= 0.3 is 5.69 Å². The van der Waals surface area contributed by atoms with Gasteiger partial charge in [-0.2, -0.15) is 0 Å². The molecule has 0 saturated carbocycles. The van der Waals surface area contributed by atoms with Crippen molar-refractivity contribution < 1.29 is 8.42 Å². The van der Waals surface area contributed by atoms with Crippen LogP contribution in [-0.4, -0.2) is 23.2 Å². The lowest BCUT2D eigenvalue weighted by Gasteiger charge is -2.06. The average molecular weight is 316 g/mol. The van der Waals surface area contributed by atoms with Crippen LogP contribution in [0.15, 0.2) is 34.2 Å². The van der Waals surface area contributed by atoms with Crippen molar-refractivity contribution in [3.05, 3.63) is 45.3 Å². The Morgan fingerprint density at radius 1 is 1.40 bits per heavy atom. The van der Waals surface area contributed by atoms with Crippen LogP contribution >= 0.6 is 11.6 Å². The molecule has 0 unspecified atom stereocenters. The molecule has 108 valence electrons. The first-order chi connectivity index (χ1) is 9.44. The van der Waals surface area contributed by atoms with E-state index in [0.717, 1.165) is 4.57 Å². The molecule has 1 aromatic carbocycles. The zero-order chi connectivity index (χ0) is 14.8. The van der Waals surface area contributed by atoms with E-state index in [2.05, 4.69) is 10.2 Å². The minimum absolute atomic E-state index is 0.232. The second kappa shape index (κ2) is 5.80. The number of rotatable bonds is 5. The van der Waals surface area contributed by atoms with Gasteiger partial charge in [0, 0.05) is 11.6 Å². The maximum absolute atomic E-state index is 12.3. The number of halogens is 1. The van der Waals surface area contributed by atoms with Gasteiger partial charge in [0.25, 0.3) is 5.16 Å². The molecule has 8 heteroatoms. The van der Waals surface area contributed by atoms with E-state index in [-0.39, 0.29) is 10.9 Å². The van der Waals surface area contributed by atoms with E-state index in [9.17, 15) is 13.2 Å². The maximum Gasteiger partial charge on any atom is 0.344 e. The van der Waals surface area contributed by atoms with Gasteiger partial charge in [0.15, 0.2) is 0 Å². The van der Waals surface area contributed by atoms with Gasteiger partial charge in [0.1, 0.15) is 0 Å². The van der Waals surface area contributed by atoms with Crippen molar-refractivity contribution >= 4 is 21.4 Å². The number of aromatic amines is 1. The number of benzene rings is 1. The van der Waals surface area contributed by atoms with Gasteiger partial charge in [-0.05, 0) is 24.1 Å². The van der Waals surface area contributed by atoms with Crippen LogP contribution in [0, 0.1) is 0 Å². The topological polar surface area (TPSA) is 84.8 Å². The molecule has 6 nitrogen and oxygen atoms in total. The van der Waals surface area contributed by atoms with Gasteiger partial charge in [-0.1, -0.05) is 30.7 Å². The number of hydrogen-bond acceptors (Lipinski definition) is 4. The van der Waals surface area contributed by atoms with E-state index in [1.54, 1.807) is 24.3 Å². The van der Waals surface area contributed by atoms with Crippen LogP contribution in [0.2, 0.25) is 5.02 Å². The molecule has 20 heavy (non-hydrogen) atoms. The van der Waals surface area contributed by atoms with E-state index in [1.807, 2.05) is 6.92 Å². The molecular weight excluding hydrogens is 302 g/mol. The van der Waals surface area contributed by atoms with Crippen molar-refractivity contribution in [2.45, 2.75) is 30.8 Å². The molecule has 0 saturated heterocycles. The maximum atomic E-state index is 12.3. The zero-order valence-electron chi connectivity index (χ0n) is 10.8. The molecule has 0 atom stereocenters. The Balaban J connectivity index is 2.38. The summed E-state index contributed by atoms with van der Waals surface area (Å²) in [6.45, 7) is 2.16. The molecule has 0 spiro atoms. The number of H-pyrrole nitrogens is 1. The summed E-state index contributed by atoms with van der Waals surface area (Å²) in [5.74, 6) is -0.248. The van der Waals surface area contributed by atoms with Gasteiger partial charge in [-0.25, -0.2) is 18.3 Å². The number of hydrogen-bond donors (Lipinski definition) is 1. The van der Waals surface area contributed by atoms with Gasteiger partial charge in [0.2, 0.25) is 9.84 Å². The van der Waals surface area contributed by atoms with E-state index >= 15 is 0 Å². The van der Waals surface area contributed by atoms with Crippen LogP contribution in [-0.2, 0) is 22.1 Å². The molecular formula is C12H14ClN3O3S. The van der Waals surface area contributed by atoms with Crippen molar-refractivity contribution in [2.24, 2.45) is 0 Å². The lowest BCUT2D eigenvalue weighted by atomic mass is 10.2. The first-order valence-electron chi connectivity index (χ1n) is 6.06. The first kappa shape index (κ1) is 14.8. The average Bonchev–Trinajstić information content (AvgIpc) is 2.72. The zero-order valence-corrected chi connectivity index (χ0v) is 12.4. The molecule has 0 aliphatic rings. The predicted octanol–water partition coefficient (Wildman–Crippen LogP) is 1.61. The van der Waals surface area contributed by atoms with Gasteiger partial charge in [-0.15, -0.1) is 5.10 Å². The molecule has 1 N–H and O–H groups in total. The lowest BCUT2D eigenvalue weighted by molar-refractivity contribution is 0.550. The third kappa shape index (κ3) is 3.10. The third-order valence-electron chi connectivity index (χ3n) is 2.69. The Hall–Kier alpha value is -1.60. The Labute approximate surface area is 121 Å². The summed E-state index contributed by atoms with van der Waals surface area (Å²) >= 11 is 5.83. The summed E-state index contributed by atoms with van der Waals surface area (Å²) in [5, 5.41) is 6.04. The molecule has 2 aromatic rings. The van der Waals surface area contributed by atoms with Crippen LogP contribution in [0.5, 0.6) is 0 Å². The van der Waals surface area contributed by atoms with E-state index in [0.29, 0.717) is 23.6 Å². The molecule has 0 radical (unpaired) electrons. The predicted molar refractivity (Wildman–Crippen MR) is 75.5 cm³/mol. The van der Waals surface area contributed by atoms with Crippen LogP contribution in [0.25, 0.3) is 0 Å². The summed E-state index contributed by atoms with van der Waals surface area (Å²) in [5.41, 5.74) is 0.0347. The van der Waals surface area contributed by atoms with Crippen molar-refractivity contribution in [2.75, 3.05) is 0 Å². The highest BCUT2D eigenvalue weighted by Gasteiger charge is 2.23. The second-order valence-corrected chi connectivity index (χ2v) is 6.67. The number of nitrogens with one attached hydrogen (secondary N) is 1. The smallest absolute Gasteiger partial charge is 0.266 e. The fourth-order valence-corrected chi connectivity index (χ4v) is 3.53. The van der Waals surface area contributed by atoms with Crippen LogP contribution in [0.1, 0.15) is 18.9 Å². The van der Waals surface area contributed by atoms with E-state index in [1.165, 1.54) is 0 Å². The fourth-order valence-electron chi connectivity index (χ4n) is 1.87. The van der Waals surface area contributed by atoms with E-state index < -0.39 is 15.5 Å². The summed E-state index contributed by atoms with van der Waals surface area (Å²) in [6, 6.07) is 6.59. The molecule has 1 aromatic heterocycles. The van der Waals surface area contributed by atoms with Crippen molar-refractivity contribution in [1.82, 2.24) is 14.8 Å². The number of nitrogens with zero attached hydrogens (tertiary/aromatic N) is 2. The summed E-state index contributed by atoms with van der Waals surface area (Å²) in [6.07, 6.45) is 0.638. The Morgan fingerprint density at radius 2 is 2.15 bits per heavy atom. The van der Waals surface area contributed by atoms with Crippen LogP contribution < -0.4 is 5.69 Å². The highest BCUT2D eigenvalue weighted by molar-refractivity contribution is 7.90. The molecule has 0 fully saturated rings. The highest BCUT2D eigenvalue weighted by atomic mass is 35.5. The number of sulfone groups is 1.